The molecule has 11 heteroatoms. The predicted molar refractivity (Wildman–Crippen MR) is 133 cm³/mol. The van der Waals surface area contributed by atoms with Crippen molar-refractivity contribution in [2.24, 2.45) is 11.8 Å². The molecule has 0 amide bonds. The first-order chi connectivity index (χ1) is 17.4. The molecule has 2 aromatic heterocycles. The first-order valence-electron chi connectivity index (χ1n) is 12.1. The second-order valence-corrected chi connectivity index (χ2v) is 8.98. The number of ether oxygens (including phenoxy) is 2. The number of nitrogens with one attached hydrogen (secondary N) is 1. The lowest BCUT2D eigenvalue weighted by molar-refractivity contribution is 0.0592. The number of hydrogen-bond donors (Lipinski definition) is 1. The fourth-order valence-corrected chi connectivity index (χ4v) is 4.27. The summed E-state index contributed by atoms with van der Waals surface area (Å²) in [4.78, 5) is 41.2. The van der Waals surface area contributed by atoms with Gasteiger partial charge in [0.05, 0.1) is 7.11 Å². The minimum Gasteiger partial charge on any atom is -0.464 e. The predicted octanol–water partition coefficient (Wildman–Crippen LogP) is 3.36. The molecule has 11 nitrogen and oxygen atoms in total. The van der Waals surface area contributed by atoms with Crippen LogP contribution in [0.4, 0.5) is 11.6 Å². The van der Waals surface area contributed by atoms with E-state index in [9.17, 15) is 14.4 Å². The largest absolute Gasteiger partial charge is 0.464 e. The molecular formula is C25H30N6O5. The lowest BCUT2D eigenvalue weighted by Gasteiger charge is -2.27. The summed E-state index contributed by atoms with van der Waals surface area (Å²) in [5, 5.41) is 10.8. The summed E-state index contributed by atoms with van der Waals surface area (Å²) in [5.74, 6) is 1.42. The summed E-state index contributed by atoms with van der Waals surface area (Å²) in [6.45, 7) is 4.80. The lowest BCUT2D eigenvalue weighted by atomic mass is 9.83. The molecule has 0 radical (unpaired) electrons. The van der Waals surface area contributed by atoms with Gasteiger partial charge in [0, 0.05) is 24.8 Å². The van der Waals surface area contributed by atoms with Crippen molar-refractivity contribution in [1.29, 1.82) is 0 Å². The molecule has 190 valence electrons. The van der Waals surface area contributed by atoms with Gasteiger partial charge in [0.15, 0.2) is 5.69 Å². The highest BCUT2D eigenvalue weighted by Crippen LogP contribution is 2.30. The molecule has 0 atom stereocenters. The maximum atomic E-state index is 13.1. The normalized spacial score (nSPS) is 17.4. The Balaban J connectivity index is 1.51. The van der Waals surface area contributed by atoms with Gasteiger partial charge in [-0.25, -0.2) is 19.0 Å². The quantitative estimate of drug-likeness (QED) is 0.468. The second-order valence-electron chi connectivity index (χ2n) is 8.98. The van der Waals surface area contributed by atoms with E-state index >= 15 is 0 Å². The van der Waals surface area contributed by atoms with Crippen LogP contribution in [0.2, 0.25) is 0 Å². The zero-order chi connectivity index (χ0) is 25.7. The van der Waals surface area contributed by atoms with Gasteiger partial charge in [-0.2, -0.15) is 4.98 Å². The molecule has 0 spiro atoms. The summed E-state index contributed by atoms with van der Waals surface area (Å²) >= 11 is 0. The van der Waals surface area contributed by atoms with E-state index in [0.717, 1.165) is 30.3 Å². The molecule has 4 rings (SSSR count). The van der Waals surface area contributed by atoms with Crippen molar-refractivity contribution in [2.75, 3.05) is 12.4 Å². The monoisotopic (exact) mass is 494 g/mol. The van der Waals surface area contributed by atoms with Crippen molar-refractivity contribution in [3.05, 3.63) is 63.1 Å². The maximum absolute atomic E-state index is 13.1. The third-order valence-electron chi connectivity index (χ3n) is 6.41. The third kappa shape index (κ3) is 5.78. The van der Waals surface area contributed by atoms with Gasteiger partial charge in [-0.3, -0.25) is 4.57 Å². The van der Waals surface area contributed by atoms with E-state index in [1.165, 1.54) is 19.2 Å². The highest BCUT2D eigenvalue weighted by atomic mass is 16.5. The fraction of sp³-hybridized carbons (Fsp3) is 0.440. The van der Waals surface area contributed by atoms with Gasteiger partial charge >= 0.3 is 17.3 Å². The van der Waals surface area contributed by atoms with Crippen molar-refractivity contribution in [2.45, 2.75) is 52.6 Å². The third-order valence-corrected chi connectivity index (χ3v) is 6.41. The Bertz CT molecular complexity index is 1310. The van der Waals surface area contributed by atoms with Gasteiger partial charge in [0.25, 0.3) is 0 Å². The van der Waals surface area contributed by atoms with E-state index in [4.69, 9.17) is 4.74 Å². The van der Waals surface area contributed by atoms with E-state index in [2.05, 4.69) is 32.2 Å². The number of benzene rings is 1. The standard InChI is InChI=1S/C25H30N6O5/c1-4-30-24(33)27-23(31(25(30)34)15-17-7-5-16(2)6-8-17)26-18-9-11-19(12-10-18)36-21-14-13-20(28-29-21)22(32)35-3/h9-14,16-17H,4-8,15H2,1-3H3,(H,26,27,33). The van der Waals surface area contributed by atoms with Crippen LogP contribution in [0.3, 0.4) is 0 Å². The van der Waals surface area contributed by atoms with Gasteiger partial charge in [0.2, 0.25) is 11.8 Å². The fourth-order valence-electron chi connectivity index (χ4n) is 4.27. The molecule has 1 aliphatic rings. The number of methoxy groups -OCH3 is 1. The van der Waals surface area contributed by atoms with Crippen LogP contribution in [-0.2, 0) is 17.8 Å². The first-order valence-corrected chi connectivity index (χ1v) is 12.1. The SMILES string of the molecule is CCn1c(=O)nc(Nc2ccc(Oc3ccc(C(=O)OC)nn3)cc2)n(CC2CCC(C)CC2)c1=O. The van der Waals surface area contributed by atoms with Crippen LogP contribution >= 0.6 is 0 Å². The van der Waals surface area contributed by atoms with Crippen molar-refractivity contribution < 1.29 is 14.3 Å². The number of nitrogens with zero attached hydrogens (tertiary/aromatic N) is 5. The van der Waals surface area contributed by atoms with Crippen LogP contribution in [0, 0.1) is 11.8 Å². The summed E-state index contributed by atoms with van der Waals surface area (Å²) in [5.41, 5.74) is -0.211. The molecule has 1 N–H and O–H groups in total. The Hall–Kier alpha value is -4.02. The summed E-state index contributed by atoms with van der Waals surface area (Å²) < 4.78 is 13.0. The summed E-state index contributed by atoms with van der Waals surface area (Å²) in [7, 11) is 1.27. The minimum absolute atomic E-state index is 0.0793. The Morgan fingerprint density at radius 1 is 1.03 bits per heavy atom. The van der Waals surface area contributed by atoms with E-state index < -0.39 is 11.7 Å². The zero-order valence-corrected chi connectivity index (χ0v) is 20.6. The average molecular weight is 495 g/mol. The molecule has 0 aliphatic heterocycles. The van der Waals surface area contributed by atoms with Crippen LogP contribution in [0.15, 0.2) is 46.0 Å². The van der Waals surface area contributed by atoms with E-state index in [1.807, 2.05) is 0 Å². The molecule has 0 unspecified atom stereocenters. The summed E-state index contributed by atoms with van der Waals surface area (Å²) in [6.07, 6.45) is 4.38. The lowest BCUT2D eigenvalue weighted by Crippen LogP contribution is -2.43. The first kappa shape index (κ1) is 25.1. The highest BCUT2D eigenvalue weighted by Gasteiger charge is 2.22. The molecule has 2 heterocycles. The minimum atomic E-state index is -0.582. The maximum Gasteiger partial charge on any atom is 0.358 e. The van der Waals surface area contributed by atoms with E-state index in [-0.39, 0.29) is 29.8 Å². The van der Waals surface area contributed by atoms with E-state index in [1.54, 1.807) is 35.8 Å². The van der Waals surface area contributed by atoms with Gasteiger partial charge in [-0.15, -0.1) is 10.2 Å². The van der Waals surface area contributed by atoms with Crippen molar-refractivity contribution in [3.8, 4) is 11.6 Å². The smallest absolute Gasteiger partial charge is 0.358 e. The van der Waals surface area contributed by atoms with E-state index in [0.29, 0.717) is 29.8 Å². The number of esters is 1. The van der Waals surface area contributed by atoms with Gasteiger partial charge in [-0.05, 0) is 61.9 Å². The van der Waals surface area contributed by atoms with Crippen LogP contribution in [0.1, 0.15) is 50.0 Å². The van der Waals surface area contributed by atoms with Crippen LogP contribution < -0.4 is 21.4 Å². The number of aromatic nitrogens is 5. The van der Waals surface area contributed by atoms with Crippen molar-refractivity contribution in [1.82, 2.24) is 24.3 Å². The molecule has 3 aromatic rings. The average Bonchev–Trinajstić information content (AvgIpc) is 2.89. The topological polar surface area (TPSA) is 130 Å². The molecule has 1 saturated carbocycles. The van der Waals surface area contributed by atoms with Crippen LogP contribution in [0.5, 0.6) is 11.6 Å². The number of rotatable bonds is 8. The molecule has 1 aromatic carbocycles. The van der Waals surface area contributed by atoms with Crippen LogP contribution in [-0.4, -0.2) is 37.4 Å². The Morgan fingerprint density at radius 2 is 1.75 bits per heavy atom. The van der Waals surface area contributed by atoms with Gasteiger partial charge < -0.3 is 14.8 Å². The molecule has 1 aliphatic carbocycles. The molecule has 36 heavy (non-hydrogen) atoms. The zero-order valence-electron chi connectivity index (χ0n) is 20.6. The van der Waals surface area contributed by atoms with Crippen molar-refractivity contribution in [3.63, 3.8) is 0 Å². The molecular weight excluding hydrogens is 464 g/mol. The number of carbonyl (C=O) groups excluding carboxylic acids is 1. The Morgan fingerprint density at radius 3 is 2.36 bits per heavy atom. The van der Waals surface area contributed by atoms with Crippen LogP contribution in [0.25, 0.3) is 0 Å². The number of carbonyl (C=O) groups is 1. The highest BCUT2D eigenvalue weighted by molar-refractivity contribution is 5.86. The molecule has 0 saturated heterocycles. The molecule has 1 fully saturated rings. The van der Waals surface area contributed by atoms with Gasteiger partial charge in [-0.1, -0.05) is 19.8 Å². The Kier molecular flexibility index (Phi) is 7.77. The second kappa shape index (κ2) is 11.1. The molecule has 0 bridgehead atoms. The Labute approximate surface area is 208 Å². The number of hydrogen-bond acceptors (Lipinski definition) is 9. The summed E-state index contributed by atoms with van der Waals surface area (Å²) in [6, 6.07) is 9.88. The van der Waals surface area contributed by atoms with Gasteiger partial charge in [0.1, 0.15) is 5.75 Å². The van der Waals surface area contributed by atoms with Crippen molar-refractivity contribution >= 4 is 17.6 Å². The number of anilines is 2.